The van der Waals surface area contributed by atoms with Crippen molar-refractivity contribution < 1.29 is 9.47 Å². The number of anilines is 3. The minimum absolute atomic E-state index is 0.228. The van der Waals surface area contributed by atoms with Crippen molar-refractivity contribution in [2.45, 2.75) is 20.4 Å². The third kappa shape index (κ3) is 2.99. The molecule has 0 fully saturated rings. The Morgan fingerprint density at radius 3 is 2.69 bits per heavy atom. The summed E-state index contributed by atoms with van der Waals surface area (Å²) >= 11 is 0. The largest absolute Gasteiger partial charge is 0.454 e. The second kappa shape index (κ2) is 6.51. The Kier molecular flexibility index (Phi) is 4.04. The molecule has 0 radical (unpaired) electrons. The molecule has 0 atom stereocenters. The number of ether oxygens (including phenoxy) is 2. The highest BCUT2D eigenvalue weighted by molar-refractivity contribution is 5.64. The van der Waals surface area contributed by atoms with Crippen LogP contribution in [0.25, 0.3) is 0 Å². The Balaban J connectivity index is 1.79. The number of nitrogens with zero attached hydrogens (tertiary/aromatic N) is 4. The van der Waals surface area contributed by atoms with Crippen molar-refractivity contribution in [2.75, 3.05) is 17.4 Å². The molecular formula is C19H19N5O2. The molecule has 0 aliphatic carbocycles. The highest BCUT2D eigenvalue weighted by atomic mass is 16.7. The molecule has 0 amide bonds. The van der Waals surface area contributed by atoms with E-state index in [1.165, 1.54) is 0 Å². The zero-order valence-corrected chi connectivity index (χ0v) is 14.6. The molecule has 2 N–H and O–H groups in total. The predicted molar refractivity (Wildman–Crippen MR) is 98.6 cm³/mol. The molecular weight excluding hydrogens is 330 g/mol. The topological polar surface area (TPSA) is 86.4 Å². The first-order chi connectivity index (χ1) is 12.6. The van der Waals surface area contributed by atoms with Crippen LogP contribution >= 0.6 is 0 Å². The fourth-order valence-corrected chi connectivity index (χ4v) is 2.74. The van der Waals surface area contributed by atoms with E-state index in [2.05, 4.69) is 15.0 Å². The van der Waals surface area contributed by atoms with Crippen LogP contribution in [0.15, 0.2) is 42.6 Å². The standard InChI is InChI=1S/C19H19N5O2/c1-12-13(2)22-19(23-18(12)20)24(10-14-5-3-4-8-21-14)15-6-7-16-17(9-15)26-11-25-16/h3-9H,10-11H2,1-2H3,(H2,20,22,23). The maximum atomic E-state index is 6.08. The van der Waals surface area contributed by atoms with Gasteiger partial charge in [-0.1, -0.05) is 6.07 Å². The molecule has 3 heterocycles. The predicted octanol–water partition coefficient (Wildman–Crippen LogP) is 3.14. The summed E-state index contributed by atoms with van der Waals surface area (Å²) in [6.45, 7) is 4.57. The lowest BCUT2D eigenvalue weighted by Gasteiger charge is -2.23. The summed E-state index contributed by atoms with van der Waals surface area (Å²) in [5.74, 6) is 2.42. The van der Waals surface area contributed by atoms with E-state index in [4.69, 9.17) is 15.2 Å². The first-order valence-corrected chi connectivity index (χ1v) is 8.29. The van der Waals surface area contributed by atoms with E-state index < -0.39 is 0 Å². The quantitative estimate of drug-likeness (QED) is 0.774. The van der Waals surface area contributed by atoms with Crippen LogP contribution < -0.4 is 20.1 Å². The zero-order chi connectivity index (χ0) is 18.1. The number of nitrogen functional groups attached to an aromatic ring is 1. The summed E-state index contributed by atoms with van der Waals surface area (Å²) in [5.41, 5.74) is 9.59. The van der Waals surface area contributed by atoms with Crippen molar-refractivity contribution in [2.24, 2.45) is 0 Å². The minimum atomic E-state index is 0.228. The third-order valence-electron chi connectivity index (χ3n) is 4.37. The summed E-state index contributed by atoms with van der Waals surface area (Å²) in [4.78, 5) is 15.5. The van der Waals surface area contributed by atoms with Crippen LogP contribution in [0.5, 0.6) is 11.5 Å². The van der Waals surface area contributed by atoms with E-state index in [-0.39, 0.29) is 6.79 Å². The van der Waals surface area contributed by atoms with Gasteiger partial charge in [0, 0.05) is 29.2 Å². The molecule has 0 unspecified atom stereocenters. The smallest absolute Gasteiger partial charge is 0.232 e. The molecule has 1 aromatic carbocycles. The molecule has 4 rings (SSSR count). The fourth-order valence-electron chi connectivity index (χ4n) is 2.74. The first-order valence-electron chi connectivity index (χ1n) is 8.29. The summed E-state index contributed by atoms with van der Waals surface area (Å²) in [7, 11) is 0. The van der Waals surface area contributed by atoms with Gasteiger partial charge in [-0.05, 0) is 38.1 Å². The first kappa shape index (κ1) is 16.1. The van der Waals surface area contributed by atoms with E-state index >= 15 is 0 Å². The van der Waals surface area contributed by atoms with Gasteiger partial charge in [-0.25, -0.2) is 4.98 Å². The SMILES string of the molecule is Cc1nc(N(Cc2ccccn2)c2ccc3c(c2)OCO3)nc(N)c1C. The van der Waals surface area contributed by atoms with Gasteiger partial charge >= 0.3 is 0 Å². The van der Waals surface area contributed by atoms with Gasteiger partial charge in [-0.15, -0.1) is 0 Å². The van der Waals surface area contributed by atoms with Crippen molar-refractivity contribution in [1.82, 2.24) is 15.0 Å². The zero-order valence-electron chi connectivity index (χ0n) is 14.6. The molecule has 26 heavy (non-hydrogen) atoms. The van der Waals surface area contributed by atoms with Crippen molar-refractivity contribution >= 4 is 17.5 Å². The molecule has 7 heteroatoms. The Morgan fingerprint density at radius 2 is 1.92 bits per heavy atom. The van der Waals surface area contributed by atoms with Crippen molar-refractivity contribution in [1.29, 1.82) is 0 Å². The highest BCUT2D eigenvalue weighted by Gasteiger charge is 2.20. The monoisotopic (exact) mass is 349 g/mol. The maximum Gasteiger partial charge on any atom is 0.232 e. The van der Waals surface area contributed by atoms with E-state index in [1.54, 1.807) is 6.20 Å². The van der Waals surface area contributed by atoms with E-state index in [0.717, 1.165) is 28.4 Å². The molecule has 0 saturated heterocycles. The maximum absolute atomic E-state index is 6.08. The van der Waals surface area contributed by atoms with Crippen LogP contribution in [0.2, 0.25) is 0 Å². The van der Waals surface area contributed by atoms with Gasteiger partial charge in [0.25, 0.3) is 0 Å². The average Bonchev–Trinajstić information content (AvgIpc) is 3.12. The summed E-state index contributed by atoms with van der Waals surface area (Å²) in [6.07, 6.45) is 1.77. The van der Waals surface area contributed by atoms with E-state index in [9.17, 15) is 0 Å². The average molecular weight is 349 g/mol. The number of aromatic nitrogens is 3. The van der Waals surface area contributed by atoms with Crippen LogP contribution in [-0.4, -0.2) is 21.7 Å². The molecule has 0 spiro atoms. The van der Waals surface area contributed by atoms with E-state index in [0.29, 0.717) is 24.1 Å². The number of fused-ring (bicyclic) bond motifs is 1. The lowest BCUT2D eigenvalue weighted by molar-refractivity contribution is 0.174. The number of rotatable bonds is 4. The van der Waals surface area contributed by atoms with Crippen LogP contribution in [0, 0.1) is 13.8 Å². The van der Waals surface area contributed by atoms with Crippen LogP contribution in [0.3, 0.4) is 0 Å². The molecule has 0 bridgehead atoms. The molecule has 7 nitrogen and oxygen atoms in total. The van der Waals surface area contributed by atoms with Crippen LogP contribution in [0.4, 0.5) is 17.5 Å². The van der Waals surface area contributed by atoms with Crippen molar-refractivity contribution in [3.05, 3.63) is 59.5 Å². The molecule has 0 saturated carbocycles. The van der Waals surface area contributed by atoms with Crippen molar-refractivity contribution in [3.8, 4) is 11.5 Å². The van der Waals surface area contributed by atoms with Gasteiger partial charge in [0.2, 0.25) is 12.7 Å². The third-order valence-corrected chi connectivity index (χ3v) is 4.37. The lowest BCUT2D eigenvalue weighted by Crippen LogP contribution is -2.21. The molecule has 1 aliphatic heterocycles. The lowest BCUT2D eigenvalue weighted by atomic mass is 10.2. The number of hydrogen-bond acceptors (Lipinski definition) is 7. The molecule has 3 aromatic rings. The molecule has 132 valence electrons. The fraction of sp³-hybridized carbons (Fsp3) is 0.211. The number of aryl methyl sites for hydroxylation is 1. The van der Waals surface area contributed by atoms with Crippen molar-refractivity contribution in [3.63, 3.8) is 0 Å². The minimum Gasteiger partial charge on any atom is -0.454 e. The Morgan fingerprint density at radius 1 is 1.08 bits per heavy atom. The summed E-state index contributed by atoms with van der Waals surface area (Å²) in [6, 6.07) is 11.6. The number of hydrogen-bond donors (Lipinski definition) is 1. The second-order valence-electron chi connectivity index (χ2n) is 6.06. The van der Waals surface area contributed by atoms with Gasteiger partial charge in [0.05, 0.1) is 12.2 Å². The Labute approximate surface area is 151 Å². The van der Waals surface area contributed by atoms with E-state index in [1.807, 2.05) is 55.1 Å². The van der Waals surface area contributed by atoms with Crippen LogP contribution in [0.1, 0.15) is 17.0 Å². The normalized spacial score (nSPS) is 12.2. The van der Waals surface area contributed by atoms with Crippen LogP contribution in [-0.2, 0) is 6.54 Å². The van der Waals surface area contributed by atoms with Gasteiger partial charge in [-0.3, -0.25) is 4.98 Å². The summed E-state index contributed by atoms with van der Waals surface area (Å²) in [5, 5.41) is 0. The summed E-state index contributed by atoms with van der Waals surface area (Å²) < 4.78 is 10.9. The second-order valence-corrected chi connectivity index (χ2v) is 6.06. The highest BCUT2D eigenvalue weighted by Crippen LogP contribution is 2.37. The number of pyridine rings is 1. The van der Waals surface area contributed by atoms with Gasteiger partial charge in [0.15, 0.2) is 11.5 Å². The Bertz CT molecular complexity index is 923. The Hall–Kier alpha value is -3.35. The molecule has 2 aromatic heterocycles. The van der Waals surface area contributed by atoms with Gasteiger partial charge < -0.3 is 20.1 Å². The van der Waals surface area contributed by atoms with Gasteiger partial charge in [0.1, 0.15) is 5.82 Å². The van der Waals surface area contributed by atoms with Gasteiger partial charge in [-0.2, -0.15) is 4.98 Å². The number of nitrogens with two attached hydrogens (primary N) is 1. The molecule has 1 aliphatic rings. The number of benzene rings is 1.